The zero-order valence-corrected chi connectivity index (χ0v) is 6.44. The Hall–Kier alpha value is 0.230. The van der Waals surface area contributed by atoms with Gasteiger partial charge in [0.05, 0.1) is 12.6 Å². The van der Waals surface area contributed by atoms with Crippen molar-refractivity contribution in [2.24, 2.45) is 0 Å². The Morgan fingerprint density at radius 2 is 2.22 bits per heavy atom. The molecule has 0 radical (unpaired) electrons. The molecule has 1 fully saturated rings. The average molecular weight is 149 g/mol. The van der Waals surface area contributed by atoms with Crippen LogP contribution in [0.4, 0.5) is 0 Å². The molecule has 1 aliphatic rings. The minimum atomic E-state index is -0.139. The summed E-state index contributed by atoms with van der Waals surface area (Å²) >= 11 is 1.81. The van der Waals surface area contributed by atoms with Gasteiger partial charge in [-0.2, -0.15) is 11.8 Å². The lowest BCUT2D eigenvalue weighted by Gasteiger charge is -2.41. The van der Waals surface area contributed by atoms with Crippen LogP contribution in [-0.2, 0) is 4.84 Å². The van der Waals surface area contributed by atoms with Crippen molar-refractivity contribution in [3.05, 3.63) is 0 Å². The molecule has 1 rings (SSSR count). The maximum Gasteiger partial charge on any atom is 0.0886 e. The zero-order chi connectivity index (χ0) is 6.91. The minimum absolute atomic E-state index is 0.139. The molecule has 0 amide bonds. The fourth-order valence-corrected chi connectivity index (χ4v) is 1.74. The smallest absolute Gasteiger partial charge is 0.0886 e. The molecule has 0 aromatic rings. The van der Waals surface area contributed by atoms with Crippen LogP contribution in [0.25, 0.3) is 0 Å². The summed E-state index contributed by atoms with van der Waals surface area (Å²) in [6.07, 6.45) is 0. The molecule has 0 aromatic carbocycles. The van der Waals surface area contributed by atoms with Gasteiger partial charge in [-0.1, -0.05) is 5.23 Å². The Kier molecular flexibility index (Phi) is 2.00. The largest absolute Gasteiger partial charge is 0.289 e. The van der Waals surface area contributed by atoms with Crippen molar-refractivity contribution in [3.63, 3.8) is 0 Å². The van der Waals surface area contributed by atoms with Crippen LogP contribution in [0, 0.1) is 0 Å². The normalized spacial score (nSPS) is 24.0. The number of thioether (sulfide) groups is 1. The predicted molar refractivity (Wildman–Crippen MR) is 36.4 cm³/mol. The quantitative estimate of drug-likeness (QED) is 0.587. The van der Waals surface area contributed by atoms with E-state index in [1.54, 1.807) is 11.8 Å². The van der Waals surface area contributed by atoms with Gasteiger partial charge < -0.3 is 0 Å². The van der Waals surface area contributed by atoms with E-state index in [0.717, 1.165) is 16.7 Å². The number of hydrogen-bond acceptors (Lipinski definition) is 4. The van der Waals surface area contributed by atoms with Gasteiger partial charge in [-0.05, 0) is 6.92 Å². The molecule has 0 bridgehead atoms. The number of hydroxylamine groups is 2. The Balaban J connectivity index is 2.38. The molecule has 1 heterocycles. The highest BCUT2D eigenvalue weighted by Gasteiger charge is 2.39. The van der Waals surface area contributed by atoms with E-state index in [4.69, 9.17) is 5.21 Å². The summed E-state index contributed by atoms with van der Waals surface area (Å²) in [4.78, 5) is 4.63. The lowest BCUT2D eigenvalue weighted by molar-refractivity contribution is -0.368. The van der Waals surface area contributed by atoms with Gasteiger partial charge in [-0.3, -0.25) is 10.0 Å². The van der Waals surface area contributed by atoms with Gasteiger partial charge in [0, 0.05) is 11.5 Å². The van der Waals surface area contributed by atoms with E-state index in [1.807, 2.05) is 6.92 Å². The fraction of sp³-hybridized carbons (Fsp3) is 1.00. The fourth-order valence-electron chi connectivity index (χ4n) is 0.728. The standard InChI is InChI=1S/C5H11NO2S/c1-5(3-9-4-5)6(7)8-2/h7H,3-4H2,1-2H3. The monoisotopic (exact) mass is 149 g/mol. The number of rotatable bonds is 2. The first-order valence-electron chi connectivity index (χ1n) is 2.80. The third-order valence-corrected chi connectivity index (χ3v) is 3.11. The second-order valence-electron chi connectivity index (χ2n) is 2.45. The lowest BCUT2D eigenvalue weighted by Crippen LogP contribution is -2.53. The maximum absolute atomic E-state index is 9.03. The molecular formula is C5H11NO2S. The molecule has 3 nitrogen and oxygen atoms in total. The molecular weight excluding hydrogens is 138 g/mol. The minimum Gasteiger partial charge on any atom is -0.289 e. The molecule has 4 heteroatoms. The van der Waals surface area contributed by atoms with Crippen LogP contribution in [0.2, 0.25) is 0 Å². The second kappa shape index (κ2) is 2.46. The van der Waals surface area contributed by atoms with E-state index in [1.165, 1.54) is 7.11 Å². The van der Waals surface area contributed by atoms with E-state index in [2.05, 4.69) is 4.84 Å². The van der Waals surface area contributed by atoms with E-state index in [-0.39, 0.29) is 5.54 Å². The molecule has 0 atom stereocenters. The third-order valence-electron chi connectivity index (χ3n) is 1.46. The molecule has 0 aromatic heterocycles. The molecule has 1 aliphatic heterocycles. The van der Waals surface area contributed by atoms with Crippen molar-refractivity contribution in [3.8, 4) is 0 Å². The molecule has 0 saturated carbocycles. The Morgan fingerprint density at radius 3 is 2.33 bits per heavy atom. The summed E-state index contributed by atoms with van der Waals surface area (Å²) in [6, 6.07) is 0. The van der Waals surface area contributed by atoms with Crippen molar-refractivity contribution in [2.75, 3.05) is 18.6 Å². The van der Waals surface area contributed by atoms with Gasteiger partial charge >= 0.3 is 0 Å². The van der Waals surface area contributed by atoms with Gasteiger partial charge in [0.1, 0.15) is 0 Å². The molecule has 0 unspecified atom stereocenters. The van der Waals surface area contributed by atoms with Crippen molar-refractivity contribution in [1.29, 1.82) is 0 Å². The first-order chi connectivity index (χ1) is 4.19. The molecule has 9 heavy (non-hydrogen) atoms. The van der Waals surface area contributed by atoms with Crippen LogP contribution >= 0.6 is 11.8 Å². The summed E-state index contributed by atoms with van der Waals surface area (Å²) in [7, 11) is 1.47. The average Bonchev–Trinajstić information content (AvgIpc) is 1.81. The molecule has 0 spiro atoms. The predicted octanol–water partition coefficient (Wildman–Crippen LogP) is 0.745. The highest BCUT2D eigenvalue weighted by atomic mass is 32.2. The summed E-state index contributed by atoms with van der Waals surface area (Å²) < 4.78 is 0. The van der Waals surface area contributed by atoms with Crippen molar-refractivity contribution in [1.82, 2.24) is 5.23 Å². The SMILES string of the molecule is CON(O)C1(C)CSC1. The van der Waals surface area contributed by atoms with Gasteiger partial charge in [0.15, 0.2) is 0 Å². The topological polar surface area (TPSA) is 32.7 Å². The lowest BCUT2D eigenvalue weighted by atomic mass is 10.1. The highest BCUT2D eigenvalue weighted by Crippen LogP contribution is 2.33. The van der Waals surface area contributed by atoms with E-state index >= 15 is 0 Å². The molecule has 1 saturated heterocycles. The summed E-state index contributed by atoms with van der Waals surface area (Å²) in [5, 5.41) is 9.97. The zero-order valence-electron chi connectivity index (χ0n) is 5.63. The highest BCUT2D eigenvalue weighted by molar-refractivity contribution is 8.00. The van der Waals surface area contributed by atoms with Crippen LogP contribution in [0.1, 0.15) is 6.92 Å². The summed E-state index contributed by atoms with van der Waals surface area (Å²) in [5.74, 6) is 1.88. The van der Waals surface area contributed by atoms with Crippen molar-refractivity contribution < 1.29 is 10.0 Å². The Bertz CT molecular complexity index is 105. The summed E-state index contributed by atoms with van der Waals surface area (Å²) in [5.41, 5.74) is -0.139. The van der Waals surface area contributed by atoms with Crippen LogP contribution < -0.4 is 0 Å². The molecule has 0 aliphatic carbocycles. The number of nitrogens with zero attached hydrogens (tertiary/aromatic N) is 1. The first kappa shape index (κ1) is 7.34. The van der Waals surface area contributed by atoms with E-state index in [0.29, 0.717) is 0 Å². The van der Waals surface area contributed by atoms with Crippen LogP contribution in [0.3, 0.4) is 0 Å². The maximum atomic E-state index is 9.03. The van der Waals surface area contributed by atoms with Crippen molar-refractivity contribution >= 4 is 11.8 Å². The van der Waals surface area contributed by atoms with Gasteiger partial charge in [0.2, 0.25) is 0 Å². The second-order valence-corrected chi connectivity index (χ2v) is 3.43. The summed E-state index contributed by atoms with van der Waals surface area (Å²) in [6.45, 7) is 1.97. The first-order valence-corrected chi connectivity index (χ1v) is 3.95. The Labute approximate surface area is 58.9 Å². The third kappa shape index (κ3) is 1.21. The van der Waals surface area contributed by atoms with Crippen molar-refractivity contribution in [2.45, 2.75) is 12.5 Å². The van der Waals surface area contributed by atoms with Gasteiger partial charge in [-0.15, -0.1) is 0 Å². The number of hydrogen-bond donors (Lipinski definition) is 1. The molecule has 1 N–H and O–H groups in total. The van der Waals surface area contributed by atoms with Crippen LogP contribution in [0.15, 0.2) is 0 Å². The van der Waals surface area contributed by atoms with Crippen LogP contribution in [-0.4, -0.2) is 34.6 Å². The van der Waals surface area contributed by atoms with Gasteiger partial charge in [0.25, 0.3) is 0 Å². The molecule has 54 valence electrons. The van der Waals surface area contributed by atoms with E-state index in [9.17, 15) is 0 Å². The Morgan fingerprint density at radius 1 is 1.67 bits per heavy atom. The van der Waals surface area contributed by atoms with Crippen LogP contribution in [0.5, 0.6) is 0 Å². The van der Waals surface area contributed by atoms with Gasteiger partial charge in [-0.25, -0.2) is 0 Å². The van der Waals surface area contributed by atoms with E-state index < -0.39 is 0 Å².